The fourth-order valence-corrected chi connectivity index (χ4v) is 2.30. The van der Waals surface area contributed by atoms with E-state index in [1.807, 2.05) is 4.57 Å². The van der Waals surface area contributed by atoms with E-state index in [1.165, 1.54) is 17.0 Å². The van der Waals surface area contributed by atoms with Gasteiger partial charge in [0.25, 0.3) is 5.91 Å². The van der Waals surface area contributed by atoms with Crippen molar-refractivity contribution in [3.05, 3.63) is 48.0 Å². The van der Waals surface area contributed by atoms with Crippen LogP contribution in [-0.2, 0) is 0 Å². The van der Waals surface area contributed by atoms with E-state index < -0.39 is 0 Å². The molecule has 1 aromatic carbocycles. The van der Waals surface area contributed by atoms with Gasteiger partial charge in [-0.05, 0) is 37.1 Å². The second-order valence-electron chi connectivity index (χ2n) is 5.14. The Balaban J connectivity index is 1.92. The predicted octanol–water partition coefficient (Wildman–Crippen LogP) is 2.82. The minimum atomic E-state index is -0.362. The summed E-state index contributed by atoms with van der Waals surface area (Å²) < 4.78 is 15.2. The highest BCUT2D eigenvalue weighted by atomic mass is 19.1. The maximum absolute atomic E-state index is 13.3. The van der Waals surface area contributed by atoms with E-state index in [-0.39, 0.29) is 11.7 Å². The molecule has 0 bridgehead atoms. The van der Waals surface area contributed by atoms with Crippen molar-refractivity contribution in [2.45, 2.75) is 18.9 Å². The van der Waals surface area contributed by atoms with Gasteiger partial charge in [-0.15, -0.1) is 0 Å². The summed E-state index contributed by atoms with van der Waals surface area (Å²) in [6.45, 7) is 0. The van der Waals surface area contributed by atoms with Crippen molar-refractivity contribution in [1.82, 2.24) is 4.57 Å². The molecule has 5 heteroatoms. The molecular weight excluding hydrogens is 257 g/mol. The number of carbonyl (C=O) groups excluding carboxylic acids is 1. The first kappa shape index (κ1) is 12.7. The highest BCUT2D eigenvalue weighted by molar-refractivity contribution is 6.05. The molecule has 1 heterocycles. The second-order valence-corrected chi connectivity index (χ2v) is 5.14. The Morgan fingerprint density at radius 3 is 2.80 bits per heavy atom. The third kappa shape index (κ3) is 2.27. The molecule has 0 spiro atoms. The van der Waals surface area contributed by atoms with Crippen molar-refractivity contribution in [3.63, 3.8) is 0 Å². The van der Waals surface area contributed by atoms with Gasteiger partial charge < -0.3 is 15.2 Å². The monoisotopic (exact) mass is 273 g/mol. The van der Waals surface area contributed by atoms with Crippen LogP contribution in [0.1, 0.15) is 29.4 Å². The summed E-state index contributed by atoms with van der Waals surface area (Å²) in [4.78, 5) is 14.0. The van der Waals surface area contributed by atoms with Gasteiger partial charge in [-0.25, -0.2) is 4.39 Å². The smallest absolute Gasteiger partial charge is 0.274 e. The van der Waals surface area contributed by atoms with Crippen molar-refractivity contribution in [1.29, 1.82) is 0 Å². The summed E-state index contributed by atoms with van der Waals surface area (Å²) in [7, 11) is 1.64. The standard InChI is InChI=1S/C15H16FN3O/c1-18(13-4-2-3-10(16)7-13)15(20)14-8-11(17)9-19(14)12-5-6-12/h2-4,7-9,12H,5-6,17H2,1H3. The molecule has 0 atom stereocenters. The second kappa shape index (κ2) is 4.67. The number of hydrogen-bond acceptors (Lipinski definition) is 2. The van der Waals surface area contributed by atoms with Crippen LogP contribution in [0.4, 0.5) is 15.8 Å². The van der Waals surface area contributed by atoms with Crippen molar-refractivity contribution in [2.75, 3.05) is 17.7 Å². The summed E-state index contributed by atoms with van der Waals surface area (Å²) in [5.74, 6) is -0.543. The Morgan fingerprint density at radius 2 is 2.15 bits per heavy atom. The summed E-state index contributed by atoms with van der Waals surface area (Å²) in [5, 5.41) is 0. The molecule has 0 aliphatic heterocycles. The number of rotatable bonds is 3. The van der Waals surface area contributed by atoms with Crippen molar-refractivity contribution >= 4 is 17.3 Å². The third-order valence-electron chi connectivity index (χ3n) is 3.53. The van der Waals surface area contributed by atoms with Gasteiger partial charge in [0.1, 0.15) is 11.5 Å². The lowest BCUT2D eigenvalue weighted by Crippen LogP contribution is -2.28. The quantitative estimate of drug-likeness (QED) is 0.935. The Kier molecular flexibility index (Phi) is 2.97. The number of aromatic nitrogens is 1. The van der Waals surface area contributed by atoms with Crippen molar-refractivity contribution < 1.29 is 9.18 Å². The molecule has 4 nitrogen and oxygen atoms in total. The lowest BCUT2D eigenvalue weighted by Gasteiger charge is -2.18. The van der Waals surface area contributed by atoms with Crippen molar-refractivity contribution in [2.24, 2.45) is 0 Å². The number of carbonyl (C=O) groups is 1. The molecule has 1 saturated carbocycles. The number of hydrogen-bond donors (Lipinski definition) is 1. The lowest BCUT2D eigenvalue weighted by atomic mass is 10.2. The molecule has 104 valence electrons. The van der Waals surface area contributed by atoms with Crippen LogP contribution in [0.15, 0.2) is 36.5 Å². The average Bonchev–Trinajstić information content (AvgIpc) is 3.20. The zero-order valence-corrected chi connectivity index (χ0v) is 11.2. The molecule has 2 N–H and O–H groups in total. The predicted molar refractivity (Wildman–Crippen MR) is 76.2 cm³/mol. The molecule has 0 radical (unpaired) electrons. The molecule has 1 fully saturated rings. The van der Waals surface area contributed by atoms with Gasteiger partial charge in [0, 0.05) is 25.0 Å². The number of nitrogen functional groups attached to an aromatic ring is 1. The number of halogens is 1. The van der Waals surface area contributed by atoms with Crippen LogP contribution in [0.2, 0.25) is 0 Å². The Labute approximate surface area is 116 Å². The van der Waals surface area contributed by atoms with Crippen LogP contribution >= 0.6 is 0 Å². The molecule has 0 unspecified atom stereocenters. The topological polar surface area (TPSA) is 51.3 Å². The van der Waals surface area contributed by atoms with Crippen LogP contribution in [0, 0.1) is 5.82 Å². The van der Waals surface area contributed by atoms with Crippen molar-refractivity contribution in [3.8, 4) is 0 Å². The Morgan fingerprint density at radius 1 is 1.40 bits per heavy atom. The molecule has 2 aromatic rings. The van der Waals surface area contributed by atoms with E-state index in [2.05, 4.69) is 0 Å². The first-order chi connectivity index (χ1) is 9.56. The van der Waals surface area contributed by atoms with Crippen LogP contribution in [0.5, 0.6) is 0 Å². The van der Waals surface area contributed by atoms with Gasteiger partial charge in [-0.1, -0.05) is 6.07 Å². The number of benzene rings is 1. The zero-order chi connectivity index (χ0) is 14.3. The maximum atomic E-state index is 13.3. The molecule has 1 aliphatic carbocycles. The largest absolute Gasteiger partial charge is 0.397 e. The number of anilines is 2. The highest BCUT2D eigenvalue weighted by Crippen LogP contribution is 2.37. The average molecular weight is 273 g/mol. The number of amides is 1. The van der Waals surface area contributed by atoms with Gasteiger partial charge in [-0.2, -0.15) is 0 Å². The minimum Gasteiger partial charge on any atom is -0.397 e. The molecule has 0 saturated heterocycles. The fourth-order valence-electron chi connectivity index (χ4n) is 2.30. The fraction of sp³-hybridized carbons (Fsp3) is 0.267. The van der Waals surface area contributed by atoms with E-state index in [0.717, 1.165) is 12.8 Å². The number of nitrogens with two attached hydrogens (primary N) is 1. The normalized spacial score (nSPS) is 14.3. The van der Waals surface area contributed by atoms with Crippen LogP contribution in [0.25, 0.3) is 0 Å². The molecular formula is C15H16FN3O. The molecule has 3 rings (SSSR count). The highest BCUT2D eigenvalue weighted by Gasteiger charge is 2.29. The zero-order valence-electron chi connectivity index (χ0n) is 11.2. The van der Waals surface area contributed by atoms with Gasteiger partial charge in [0.15, 0.2) is 0 Å². The number of nitrogens with zero attached hydrogens (tertiary/aromatic N) is 2. The van der Waals surface area contributed by atoms with E-state index >= 15 is 0 Å². The summed E-state index contributed by atoms with van der Waals surface area (Å²) in [6, 6.07) is 8.03. The van der Waals surface area contributed by atoms with Crippen LogP contribution in [-0.4, -0.2) is 17.5 Å². The van der Waals surface area contributed by atoms with E-state index in [4.69, 9.17) is 5.73 Å². The van der Waals surface area contributed by atoms with Gasteiger partial charge in [0.05, 0.1) is 5.69 Å². The maximum Gasteiger partial charge on any atom is 0.274 e. The molecule has 20 heavy (non-hydrogen) atoms. The third-order valence-corrected chi connectivity index (χ3v) is 3.53. The minimum absolute atomic E-state index is 0.181. The molecule has 1 aliphatic rings. The molecule has 1 amide bonds. The summed E-state index contributed by atoms with van der Waals surface area (Å²) in [6.07, 6.45) is 3.93. The first-order valence-electron chi connectivity index (χ1n) is 6.57. The van der Waals surface area contributed by atoms with Crippen LogP contribution < -0.4 is 10.6 Å². The van der Waals surface area contributed by atoms with Gasteiger partial charge >= 0.3 is 0 Å². The molecule has 1 aromatic heterocycles. The van der Waals surface area contributed by atoms with E-state index in [9.17, 15) is 9.18 Å². The Hall–Kier alpha value is -2.30. The van der Waals surface area contributed by atoms with Crippen LogP contribution in [0.3, 0.4) is 0 Å². The summed E-state index contributed by atoms with van der Waals surface area (Å²) in [5.41, 5.74) is 7.45. The first-order valence-corrected chi connectivity index (χ1v) is 6.57. The Bertz CT molecular complexity index is 661. The van der Waals surface area contributed by atoms with Gasteiger partial charge in [-0.3, -0.25) is 4.79 Å². The SMILES string of the molecule is CN(C(=O)c1cc(N)cn1C1CC1)c1cccc(F)c1. The lowest BCUT2D eigenvalue weighted by molar-refractivity contribution is 0.0984. The van der Waals surface area contributed by atoms with E-state index in [0.29, 0.717) is 23.1 Å². The van der Waals surface area contributed by atoms with Gasteiger partial charge in [0.2, 0.25) is 0 Å². The summed E-state index contributed by atoms with van der Waals surface area (Å²) >= 11 is 0. The van der Waals surface area contributed by atoms with E-state index in [1.54, 1.807) is 31.4 Å².